The highest BCUT2D eigenvalue weighted by Crippen LogP contribution is 2.19. The Hall–Kier alpha value is -1.81. The third-order valence-corrected chi connectivity index (χ3v) is 4.14. The van der Waals surface area contributed by atoms with Crippen molar-refractivity contribution in [2.24, 2.45) is 0 Å². The van der Waals surface area contributed by atoms with Crippen molar-refractivity contribution in [1.82, 2.24) is 15.2 Å². The van der Waals surface area contributed by atoms with E-state index in [1.807, 2.05) is 23.2 Å². The van der Waals surface area contributed by atoms with Gasteiger partial charge in [0, 0.05) is 43.2 Å². The lowest BCUT2D eigenvalue weighted by Gasteiger charge is -2.37. The lowest BCUT2D eigenvalue weighted by molar-refractivity contribution is -0.134. The highest BCUT2D eigenvalue weighted by Gasteiger charge is 2.26. The summed E-state index contributed by atoms with van der Waals surface area (Å²) in [5.74, 6) is 0.268. The maximum absolute atomic E-state index is 12.3. The number of likely N-dealkylation sites (N-methyl/N-ethyl adjacent to an activating group) is 1. The first-order chi connectivity index (χ1) is 9.79. The lowest BCUT2D eigenvalue weighted by Crippen LogP contribution is -2.58. The number of aromatic nitrogens is 1. The monoisotopic (exact) mass is 271 g/mol. The summed E-state index contributed by atoms with van der Waals surface area (Å²) in [5.41, 5.74) is 2.38. The van der Waals surface area contributed by atoms with Crippen molar-refractivity contribution in [1.29, 1.82) is 0 Å². The number of carbonyl (C=O) groups excluding carboxylic acids is 1. The average molecular weight is 271 g/mol. The Morgan fingerprint density at radius 2 is 2.15 bits per heavy atom. The van der Waals surface area contributed by atoms with Gasteiger partial charge in [-0.25, -0.2) is 0 Å². The maximum Gasteiger partial charge on any atom is 0.223 e. The molecule has 0 aliphatic carbocycles. The fraction of sp³-hybridized carbons (Fsp3) is 0.438. The van der Waals surface area contributed by atoms with E-state index in [9.17, 15) is 4.79 Å². The first-order valence-electron chi connectivity index (χ1n) is 7.34. The molecular formula is C16H21N3O. The van der Waals surface area contributed by atoms with E-state index in [1.54, 1.807) is 0 Å². The molecule has 0 atom stereocenters. The Balaban J connectivity index is 1.65. The molecule has 0 unspecified atom stereocenters. The Labute approximate surface area is 119 Å². The Kier molecular flexibility index (Phi) is 3.74. The molecule has 1 aliphatic heterocycles. The van der Waals surface area contributed by atoms with E-state index in [0.717, 1.165) is 31.6 Å². The van der Waals surface area contributed by atoms with Crippen LogP contribution >= 0.6 is 0 Å². The van der Waals surface area contributed by atoms with Gasteiger partial charge in [-0.05, 0) is 25.0 Å². The van der Waals surface area contributed by atoms with Gasteiger partial charge >= 0.3 is 0 Å². The van der Waals surface area contributed by atoms with Gasteiger partial charge in [0.2, 0.25) is 5.91 Å². The predicted octanol–water partition coefficient (Wildman–Crippen LogP) is 1.92. The SMILES string of the molecule is CCN(C(=O)CCc1c[nH]c2ccccc12)C1CNC1. The van der Waals surface area contributed by atoms with Crippen LogP contribution < -0.4 is 5.32 Å². The number of aryl methyl sites for hydroxylation is 1. The molecule has 1 fully saturated rings. The quantitative estimate of drug-likeness (QED) is 0.873. The van der Waals surface area contributed by atoms with E-state index in [4.69, 9.17) is 0 Å². The lowest BCUT2D eigenvalue weighted by atomic mass is 10.1. The summed E-state index contributed by atoms with van der Waals surface area (Å²) in [6.07, 6.45) is 3.42. The van der Waals surface area contributed by atoms with Crippen LogP contribution in [0.25, 0.3) is 10.9 Å². The molecule has 1 aliphatic rings. The zero-order valence-electron chi connectivity index (χ0n) is 11.9. The van der Waals surface area contributed by atoms with E-state index < -0.39 is 0 Å². The maximum atomic E-state index is 12.3. The summed E-state index contributed by atoms with van der Waals surface area (Å²) in [5, 5.41) is 4.46. The van der Waals surface area contributed by atoms with Crippen LogP contribution in [-0.4, -0.2) is 41.5 Å². The predicted molar refractivity (Wildman–Crippen MR) is 80.7 cm³/mol. The van der Waals surface area contributed by atoms with Gasteiger partial charge in [0.05, 0.1) is 6.04 Å². The summed E-state index contributed by atoms with van der Waals surface area (Å²) in [7, 11) is 0. The topological polar surface area (TPSA) is 48.1 Å². The molecule has 4 heteroatoms. The van der Waals surface area contributed by atoms with Gasteiger partial charge in [-0.3, -0.25) is 4.79 Å². The molecule has 1 aromatic carbocycles. The number of fused-ring (bicyclic) bond motifs is 1. The van der Waals surface area contributed by atoms with Crippen molar-refractivity contribution in [2.75, 3.05) is 19.6 Å². The van der Waals surface area contributed by atoms with Gasteiger partial charge in [-0.2, -0.15) is 0 Å². The fourth-order valence-corrected chi connectivity index (χ4v) is 2.86. The summed E-state index contributed by atoms with van der Waals surface area (Å²) in [4.78, 5) is 17.6. The minimum absolute atomic E-state index is 0.268. The van der Waals surface area contributed by atoms with Crippen LogP contribution in [0, 0.1) is 0 Å². The first-order valence-corrected chi connectivity index (χ1v) is 7.34. The molecule has 3 rings (SSSR count). The number of amides is 1. The normalized spacial score (nSPS) is 15.2. The molecule has 2 aromatic rings. The zero-order chi connectivity index (χ0) is 13.9. The summed E-state index contributed by atoms with van der Waals surface area (Å²) in [6.45, 7) is 4.74. The molecular weight excluding hydrogens is 250 g/mol. The largest absolute Gasteiger partial charge is 0.361 e. The number of aromatic amines is 1. The van der Waals surface area contributed by atoms with Gasteiger partial charge in [0.15, 0.2) is 0 Å². The molecule has 0 saturated carbocycles. The second-order valence-electron chi connectivity index (χ2n) is 5.35. The third kappa shape index (κ3) is 2.43. The molecule has 1 saturated heterocycles. The van der Waals surface area contributed by atoms with E-state index in [1.165, 1.54) is 10.9 Å². The number of carbonyl (C=O) groups is 1. The average Bonchev–Trinajstić information content (AvgIpc) is 2.83. The van der Waals surface area contributed by atoms with Gasteiger partial charge in [0.25, 0.3) is 0 Å². The van der Waals surface area contributed by atoms with Gasteiger partial charge in [0.1, 0.15) is 0 Å². The highest BCUT2D eigenvalue weighted by molar-refractivity contribution is 5.84. The third-order valence-electron chi connectivity index (χ3n) is 4.14. The van der Waals surface area contributed by atoms with Crippen molar-refractivity contribution < 1.29 is 4.79 Å². The number of hydrogen-bond acceptors (Lipinski definition) is 2. The minimum Gasteiger partial charge on any atom is -0.361 e. The van der Waals surface area contributed by atoms with Crippen molar-refractivity contribution in [3.8, 4) is 0 Å². The molecule has 20 heavy (non-hydrogen) atoms. The number of nitrogens with one attached hydrogen (secondary N) is 2. The van der Waals surface area contributed by atoms with Crippen LogP contribution in [0.15, 0.2) is 30.5 Å². The smallest absolute Gasteiger partial charge is 0.223 e. The van der Waals surface area contributed by atoms with Crippen LogP contribution in [-0.2, 0) is 11.2 Å². The number of hydrogen-bond donors (Lipinski definition) is 2. The fourth-order valence-electron chi connectivity index (χ4n) is 2.86. The molecule has 0 radical (unpaired) electrons. The van der Waals surface area contributed by atoms with Crippen LogP contribution in [0.1, 0.15) is 18.9 Å². The molecule has 0 bridgehead atoms. The Morgan fingerprint density at radius 3 is 2.85 bits per heavy atom. The number of benzene rings is 1. The standard InChI is InChI=1S/C16H21N3O/c1-2-19(13-10-17-11-13)16(20)8-7-12-9-18-15-6-4-3-5-14(12)15/h3-6,9,13,17-18H,2,7-8,10-11H2,1H3. The number of rotatable bonds is 5. The molecule has 1 amide bonds. The summed E-state index contributed by atoms with van der Waals surface area (Å²) in [6, 6.07) is 8.64. The Bertz CT molecular complexity index is 601. The number of nitrogens with zero attached hydrogens (tertiary/aromatic N) is 1. The molecule has 2 heterocycles. The zero-order valence-corrected chi connectivity index (χ0v) is 11.9. The number of para-hydroxylation sites is 1. The van der Waals surface area contributed by atoms with Crippen molar-refractivity contribution in [3.05, 3.63) is 36.0 Å². The van der Waals surface area contributed by atoms with Crippen LogP contribution in [0.2, 0.25) is 0 Å². The highest BCUT2D eigenvalue weighted by atomic mass is 16.2. The second-order valence-corrected chi connectivity index (χ2v) is 5.35. The van der Waals surface area contributed by atoms with Crippen LogP contribution in [0.5, 0.6) is 0 Å². The van der Waals surface area contributed by atoms with E-state index in [-0.39, 0.29) is 5.91 Å². The van der Waals surface area contributed by atoms with Gasteiger partial charge in [-0.15, -0.1) is 0 Å². The second kappa shape index (κ2) is 5.67. The van der Waals surface area contributed by atoms with E-state index in [0.29, 0.717) is 12.5 Å². The molecule has 0 spiro atoms. The summed E-state index contributed by atoms with van der Waals surface area (Å²) >= 11 is 0. The van der Waals surface area contributed by atoms with E-state index in [2.05, 4.69) is 29.4 Å². The van der Waals surface area contributed by atoms with Crippen LogP contribution in [0.4, 0.5) is 0 Å². The molecule has 4 nitrogen and oxygen atoms in total. The van der Waals surface area contributed by atoms with Crippen molar-refractivity contribution in [2.45, 2.75) is 25.8 Å². The number of H-pyrrole nitrogens is 1. The van der Waals surface area contributed by atoms with E-state index >= 15 is 0 Å². The van der Waals surface area contributed by atoms with Crippen molar-refractivity contribution in [3.63, 3.8) is 0 Å². The van der Waals surface area contributed by atoms with Crippen molar-refractivity contribution >= 4 is 16.8 Å². The van der Waals surface area contributed by atoms with Gasteiger partial charge in [-0.1, -0.05) is 18.2 Å². The van der Waals surface area contributed by atoms with Crippen LogP contribution in [0.3, 0.4) is 0 Å². The first kappa shape index (κ1) is 13.2. The Morgan fingerprint density at radius 1 is 1.35 bits per heavy atom. The molecule has 106 valence electrons. The minimum atomic E-state index is 0.268. The molecule has 2 N–H and O–H groups in total. The van der Waals surface area contributed by atoms with Gasteiger partial charge < -0.3 is 15.2 Å². The molecule has 1 aromatic heterocycles. The summed E-state index contributed by atoms with van der Waals surface area (Å²) < 4.78 is 0.